The summed E-state index contributed by atoms with van der Waals surface area (Å²) < 4.78 is 0. The molecule has 1 aromatic rings. The van der Waals surface area contributed by atoms with Gasteiger partial charge in [-0.25, -0.2) is 5.48 Å². The number of hydrogen-bond donors (Lipinski definition) is 4. The lowest BCUT2D eigenvalue weighted by atomic mass is 9.78. The number of carboxylic acids is 1. The number of rotatable bonds is 4. The van der Waals surface area contributed by atoms with Crippen LogP contribution >= 0.6 is 0 Å². The predicted octanol–water partition coefficient (Wildman–Crippen LogP) is 2.27. The number of aliphatic carboxylic acids is 1. The Morgan fingerprint density at radius 2 is 1.93 bits per heavy atom. The van der Waals surface area contributed by atoms with Crippen LogP contribution in [0.25, 0.3) is 6.08 Å². The molecule has 148 valence electrons. The number of benzene rings is 1. The summed E-state index contributed by atoms with van der Waals surface area (Å²) in [6, 6.07) is 8.11. The number of piperidine rings is 1. The highest BCUT2D eigenvalue weighted by molar-refractivity contribution is 5.91. The second-order valence-electron chi connectivity index (χ2n) is 7.04. The number of hydroxylamine groups is 1. The smallest absolute Gasteiger partial charge is 0.303 e. The first-order chi connectivity index (χ1) is 13.0. The SMILES string of the molecule is CCC(=O)O.O=C(/C=C/c1ccccc1N1CCC2(CCNCC2)C1)NO. The van der Waals surface area contributed by atoms with Gasteiger partial charge in [-0.15, -0.1) is 0 Å². The zero-order valence-corrected chi connectivity index (χ0v) is 15.8. The van der Waals surface area contributed by atoms with Crippen LogP contribution in [0, 0.1) is 5.41 Å². The van der Waals surface area contributed by atoms with Crippen LogP contribution in [0.3, 0.4) is 0 Å². The number of para-hydroxylation sites is 1. The minimum Gasteiger partial charge on any atom is -0.481 e. The van der Waals surface area contributed by atoms with E-state index in [0.29, 0.717) is 5.41 Å². The summed E-state index contributed by atoms with van der Waals surface area (Å²) in [6.07, 6.45) is 7.07. The van der Waals surface area contributed by atoms with Crippen molar-refractivity contribution in [3.63, 3.8) is 0 Å². The van der Waals surface area contributed by atoms with Crippen molar-refractivity contribution >= 4 is 23.6 Å². The molecule has 0 aliphatic carbocycles. The van der Waals surface area contributed by atoms with Crippen molar-refractivity contribution in [2.45, 2.75) is 32.6 Å². The maximum atomic E-state index is 11.2. The van der Waals surface area contributed by atoms with Crippen LogP contribution in [-0.4, -0.2) is 48.4 Å². The summed E-state index contributed by atoms with van der Waals surface area (Å²) >= 11 is 0. The Labute approximate surface area is 160 Å². The second-order valence-corrected chi connectivity index (χ2v) is 7.04. The van der Waals surface area contributed by atoms with E-state index in [1.807, 2.05) is 18.2 Å². The summed E-state index contributed by atoms with van der Waals surface area (Å²) in [5.41, 5.74) is 4.25. The first-order valence-electron chi connectivity index (χ1n) is 9.38. The van der Waals surface area contributed by atoms with Gasteiger partial charge in [0.15, 0.2) is 0 Å². The molecule has 2 fully saturated rings. The highest BCUT2D eigenvalue weighted by atomic mass is 16.5. The Morgan fingerprint density at radius 3 is 2.56 bits per heavy atom. The molecule has 7 nitrogen and oxygen atoms in total. The number of hydrogen-bond acceptors (Lipinski definition) is 5. The van der Waals surface area contributed by atoms with Gasteiger partial charge in [-0.3, -0.25) is 14.8 Å². The average molecular weight is 375 g/mol. The van der Waals surface area contributed by atoms with E-state index in [1.54, 1.807) is 18.5 Å². The molecular weight excluding hydrogens is 346 g/mol. The largest absolute Gasteiger partial charge is 0.481 e. The summed E-state index contributed by atoms with van der Waals surface area (Å²) in [6.45, 7) is 5.99. The summed E-state index contributed by atoms with van der Waals surface area (Å²) in [5, 5.41) is 19.8. The van der Waals surface area contributed by atoms with E-state index in [0.717, 1.165) is 31.7 Å². The third kappa shape index (κ3) is 6.08. The minimum absolute atomic E-state index is 0.222. The molecule has 27 heavy (non-hydrogen) atoms. The molecule has 2 aliphatic rings. The lowest BCUT2D eigenvalue weighted by Crippen LogP contribution is -2.38. The molecule has 4 N–H and O–H groups in total. The van der Waals surface area contributed by atoms with Gasteiger partial charge < -0.3 is 15.3 Å². The van der Waals surface area contributed by atoms with Gasteiger partial charge in [0.05, 0.1) is 0 Å². The topological polar surface area (TPSA) is 102 Å². The zero-order chi connectivity index (χ0) is 19.7. The summed E-state index contributed by atoms with van der Waals surface area (Å²) in [5.74, 6) is -1.25. The van der Waals surface area contributed by atoms with Crippen molar-refractivity contribution in [1.82, 2.24) is 10.8 Å². The van der Waals surface area contributed by atoms with Crippen molar-refractivity contribution in [1.29, 1.82) is 0 Å². The van der Waals surface area contributed by atoms with Gasteiger partial charge in [0.25, 0.3) is 5.91 Å². The Kier molecular flexibility index (Phi) is 7.82. The van der Waals surface area contributed by atoms with Crippen molar-refractivity contribution in [3.05, 3.63) is 35.9 Å². The molecular formula is C20H29N3O4. The maximum Gasteiger partial charge on any atom is 0.303 e. The van der Waals surface area contributed by atoms with Gasteiger partial charge in [0, 0.05) is 31.3 Å². The third-order valence-electron chi connectivity index (χ3n) is 5.21. The first kappa shape index (κ1) is 20.9. The molecule has 1 spiro atoms. The van der Waals surface area contributed by atoms with Crippen molar-refractivity contribution in [3.8, 4) is 0 Å². The highest BCUT2D eigenvalue weighted by Gasteiger charge is 2.39. The van der Waals surface area contributed by atoms with Gasteiger partial charge in [-0.1, -0.05) is 25.1 Å². The van der Waals surface area contributed by atoms with Crippen LogP contribution in [0.15, 0.2) is 30.3 Å². The molecule has 3 rings (SSSR count). The van der Waals surface area contributed by atoms with Gasteiger partial charge in [0.2, 0.25) is 0 Å². The number of anilines is 1. The quantitative estimate of drug-likeness (QED) is 0.366. The maximum absolute atomic E-state index is 11.2. The van der Waals surface area contributed by atoms with Crippen molar-refractivity contribution in [2.75, 3.05) is 31.1 Å². The van der Waals surface area contributed by atoms with Gasteiger partial charge >= 0.3 is 5.97 Å². The van der Waals surface area contributed by atoms with Crippen molar-refractivity contribution < 1.29 is 19.9 Å². The molecule has 0 saturated carbocycles. The molecule has 0 aromatic heterocycles. The number of carboxylic acid groups (broad SMARTS) is 1. The predicted molar refractivity (Wildman–Crippen MR) is 105 cm³/mol. The number of carbonyl (C=O) groups excluding carboxylic acids is 1. The second kappa shape index (κ2) is 10.1. The van der Waals surface area contributed by atoms with Gasteiger partial charge in [-0.05, 0) is 55.5 Å². The van der Waals surface area contributed by atoms with E-state index in [4.69, 9.17) is 10.3 Å². The Balaban J connectivity index is 0.000000465. The van der Waals surface area contributed by atoms with Crippen LogP contribution in [0.2, 0.25) is 0 Å². The highest BCUT2D eigenvalue weighted by Crippen LogP contribution is 2.41. The van der Waals surface area contributed by atoms with Crippen LogP contribution in [0.5, 0.6) is 0 Å². The molecule has 0 atom stereocenters. The summed E-state index contributed by atoms with van der Waals surface area (Å²) in [4.78, 5) is 23.0. The van der Waals surface area contributed by atoms with E-state index >= 15 is 0 Å². The molecule has 7 heteroatoms. The Bertz CT molecular complexity index is 669. The normalized spacial score (nSPS) is 18.2. The fourth-order valence-corrected chi connectivity index (χ4v) is 3.63. The fraction of sp³-hybridized carbons (Fsp3) is 0.500. The van der Waals surface area contributed by atoms with E-state index < -0.39 is 11.9 Å². The molecule has 0 bridgehead atoms. The van der Waals surface area contributed by atoms with Crippen LogP contribution in [-0.2, 0) is 9.59 Å². The van der Waals surface area contributed by atoms with E-state index in [-0.39, 0.29) is 6.42 Å². The molecule has 1 amide bonds. The van der Waals surface area contributed by atoms with Crippen molar-refractivity contribution in [2.24, 2.45) is 5.41 Å². The number of carbonyl (C=O) groups is 2. The molecule has 2 aliphatic heterocycles. The Morgan fingerprint density at radius 1 is 1.26 bits per heavy atom. The van der Waals surface area contributed by atoms with Crippen LogP contribution < -0.4 is 15.7 Å². The average Bonchev–Trinajstić information content (AvgIpc) is 3.10. The molecule has 2 heterocycles. The first-order valence-corrected chi connectivity index (χ1v) is 9.38. The number of amides is 1. The van der Waals surface area contributed by atoms with E-state index in [2.05, 4.69) is 16.3 Å². The molecule has 0 unspecified atom stereocenters. The lowest BCUT2D eigenvalue weighted by Gasteiger charge is -2.34. The number of nitrogens with zero attached hydrogens (tertiary/aromatic N) is 1. The third-order valence-corrected chi connectivity index (χ3v) is 5.21. The minimum atomic E-state index is -0.745. The zero-order valence-electron chi connectivity index (χ0n) is 15.8. The van der Waals surface area contributed by atoms with Gasteiger partial charge in [0.1, 0.15) is 0 Å². The lowest BCUT2D eigenvalue weighted by molar-refractivity contribution is -0.136. The monoisotopic (exact) mass is 375 g/mol. The van der Waals surface area contributed by atoms with Gasteiger partial charge in [-0.2, -0.15) is 0 Å². The molecule has 2 saturated heterocycles. The molecule has 1 aromatic carbocycles. The Hall–Kier alpha value is -2.38. The standard InChI is InChI=1S/C17H23N3O2.C3H6O2/c21-16(19-22)6-5-14-3-1-2-4-15(14)20-12-9-17(13-20)7-10-18-11-8-17;1-2-3(4)5/h1-6,18,22H,7-13H2,(H,19,21);2H2,1H3,(H,4,5)/b6-5+;. The molecule has 0 radical (unpaired) electrons. The summed E-state index contributed by atoms with van der Waals surface area (Å²) in [7, 11) is 0. The van der Waals surface area contributed by atoms with E-state index in [9.17, 15) is 9.59 Å². The number of nitrogens with one attached hydrogen (secondary N) is 2. The van der Waals surface area contributed by atoms with Crippen LogP contribution in [0.4, 0.5) is 5.69 Å². The van der Waals surface area contributed by atoms with Crippen LogP contribution in [0.1, 0.15) is 38.2 Å². The fourth-order valence-electron chi connectivity index (χ4n) is 3.63. The van der Waals surface area contributed by atoms with E-state index in [1.165, 1.54) is 31.0 Å².